The summed E-state index contributed by atoms with van der Waals surface area (Å²) in [7, 11) is 0. The van der Waals surface area contributed by atoms with E-state index < -0.39 is 11.7 Å². The van der Waals surface area contributed by atoms with E-state index in [2.05, 4.69) is 41.4 Å². The minimum atomic E-state index is -0.595. The lowest BCUT2D eigenvalue weighted by atomic mass is 10.1. The van der Waals surface area contributed by atoms with Crippen LogP contribution in [0.4, 0.5) is 10.1 Å². The lowest BCUT2D eigenvalue weighted by Crippen LogP contribution is -2.33. The zero-order valence-corrected chi connectivity index (χ0v) is 14.3. The van der Waals surface area contributed by atoms with Crippen molar-refractivity contribution in [2.75, 3.05) is 18.0 Å². The molecule has 1 unspecified atom stereocenters. The summed E-state index contributed by atoms with van der Waals surface area (Å²) in [5.41, 5.74) is 2.68. The highest BCUT2D eigenvalue weighted by atomic mass is 35.5. The number of nitrogens with one attached hydrogen (secondary N) is 1. The van der Waals surface area contributed by atoms with Crippen molar-refractivity contribution in [2.45, 2.75) is 25.8 Å². The summed E-state index contributed by atoms with van der Waals surface area (Å²) in [4.78, 5) is 14.4. The average molecular weight is 347 g/mol. The van der Waals surface area contributed by atoms with Gasteiger partial charge in [0.05, 0.1) is 5.56 Å². The fourth-order valence-electron chi connectivity index (χ4n) is 3.19. The quantitative estimate of drug-likeness (QED) is 0.828. The van der Waals surface area contributed by atoms with Crippen molar-refractivity contribution in [3.05, 3.63) is 64.4 Å². The monoisotopic (exact) mass is 346 g/mol. The van der Waals surface area contributed by atoms with Crippen molar-refractivity contribution < 1.29 is 9.18 Å². The molecule has 24 heavy (non-hydrogen) atoms. The topological polar surface area (TPSA) is 32.3 Å². The van der Waals surface area contributed by atoms with Crippen LogP contribution in [0.25, 0.3) is 0 Å². The molecule has 5 heteroatoms. The van der Waals surface area contributed by atoms with Crippen LogP contribution in [0, 0.1) is 5.82 Å². The second-order valence-corrected chi connectivity index (χ2v) is 6.55. The Kier molecular flexibility index (Phi) is 5.05. The summed E-state index contributed by atoms with van der Waals surface area (Å²) in [5.74, 6) is -0.999. The maximum absolute atomic E-state index is 13.7. The second-order valence-electron chi connectivity index (χ2n) is 6.11. The molecule has 1 N–H and O–H groups in total. The number of benzene rings is 2. The van der Waals surface area contributed by atoms with Gasteiger partial charge in [0, 0.05) is 29.8 Å². The molecule has 1 amide bonds. The molecule has 0 radical (unpaired) electrons. The number of fused-ring (bicyclic) bond motifs is 1. The molecule has 0 aliphatic carbocycles. The Labute approximate surface area is 146 Å². The van der Waals surface area contributed by atoms with Crippen LogP contribution < -0.4 is 10.2 Å². The van der Waals surface area contributed by atoms with Gasteiger partial charge in [0.1, 0.15) is 5.82 Å². The molecule has 3 rings (SSSR count). The van der Waals surface area contributed by atoms with Crippen LogP contribution in [-0.4, -0.2) is 25.0 Å². The maximum atomic E-state index is 13.7. The summed E-state index contributed by atoms with van der Waals surface area (Å²) in [6, 6.07) is 13.0. The number of hydrogen-bond acceptors (Lipinski definition) is 2. The van der Waals surface area contributed by atoms with E-state index in [1.54, 1.807) is 0 Å². The fourth-order valence-corrected chi connectivity index (χ4v) is 3.35. The summed E-state index contributed by atoms with van der Waals surface area (Å²) in [5, 5.41) is 3.06. The highest BCUT2D eigenvalue weighted by molar-refractivity contribution is 6.30. The van der Waals surface area contributed by atoms with E-state index in [1.807, 2.05) is 0 Å². The number of hydrogen-bond donors (Lipinski definition) is 1. The van der Waals surface area contributed by atoms with Gasteiger partial charge in [-0.3, -0.25) is 4.79 Å². The molecular formula is C19H20ClFN2O. The van der Waals surface area contributed by atoms with Crippen LogP contribution >= 0.6 is 11.6 Å². The number of carbonyl (C=O) groups is 1. The normalized spacial score (nSPS) is 16.1. The summed E-state index contributed by atoms with van der Waals surface area (Å²) < 4.78 is 13.7. The zero-order chi connectivity index (χ0) is 17.1. The molecule has 126 valence electrons. The Hall–Kier alpha value is -2.07. The van der Waals surface area contributed by atoms with Crippen LogP contribution in [0.5, 0.6) is 0 Å². The van der Waals surface area contributed by atoms with Gasteiger partial charge in [-0.15, -0.1) is 0 Å². The van der Waals surface area contributed by atoms with Crippen LogP contribution in [-0.2, 0) is 6.42 Å². The first-order valence-electron chi connectivity index (χ1n) is 8.14. The first-order chi connectivity index (χ1) is 11.6. The molecule has 2 aromatic carbocycles. The molecule has 0 spiro atoms. The van der Waals surface area contributed by atoms with Gasteiger partial charge >= 0.3 is 0 Å². The molecule has 2 aromatic rings. The van der Waals surface area contributed by atoms with Gasteiger partial charge < -0.3 is 10.2 Å². The predicted octanol–water partition coefficient (Wildman–Crippen LogP) is 4.05. The third-order valence-electron chi connectivity index (χ3n) is 4.39. The lowest BCUT2D eigenvalue weighted by molar-refractivity contribution is 0.0949. The number of rotatable bonds is 5. The van der Waals surface area contributed by atoms with Crippen LogP contribution in [0.3, 0.4) is 0 Å². The smallest absolute Gasteiger partial charge is 0.254 e. The first-order valence-corrected chi connectivity index (χ1v) is 8.52. The fraction of sp³-hybridized carbons (Fsp3) is 0.316. The molecule has 0 fully saturated rings. The standard InChI is InChI=1S/C19H20ClFN2O/c1-13-11-14-5-2-3-6-18(14)23(13)10-4-9-22-19(24)16-8-7-15(20)12-17(16)21/h2-3,5-8,12-13H,4,9-11H2,1H3,(H,22,24). The Morgan fingerprint density at radius 3 is 2.92 bits per heavy atom. The van der Waals surface area contributed by atoms with Gasteiger partial charge in [0.25, 0.3) is 5.91 Å². The van der Waals surface area contributed by atoms with E-state index in [4.69, 9.17) is 11.6 Å². The second kappa shape index (κ2) is 7.22. The highest BCUT2D eigenvalue weighted by Crippen LogP contribution is 2.31. The van der Waals surface area contributed by atoms with Crippen molar-refractivity contribution in [1.29, 1.82) is 0 Å². The average Bonchev–Trinajstić information content (AvgIpc) is 2.87. The lowest BCUT2D eigenvalue weighted by Gasteiger charge is -2.24. The van der Waals surface area contributed by atoms with Crippen LogP contribution in [0.15, 0.2) is 42.5 Å². The first kappa shape index (κ1) is 16.8. The number of anilines is 1. The minimum Gasteiger partial charge on any atom is -0.368 e. The number of nitrogens with zero attached hydrogens (tertiary/aromatic N) is 1. The molecule has 3 nitrogen and oxygen atoms in total. The SMILES string of the molecule is CC1Cc2ccccc2N1CCCNC(=O)c1ccc(Cl)cc1F. The molecular weight excluding hydrogens is 327 g/mol. The summed E-state index contributed by atoms with van der Waals surface area (Å²) in [6.07, 6.45) is 1.86. The molecule has 1 aliphatic heterocycles. The van der Waals surface area contributed by atoms with E-state index in [9.17, 15) is 9.18 Å². The Morgan fingerprint density at radius 1 is 1.33 bits per heavy atom. The van der Waals surface area contributed by atoms with Crippen molar-refractivity contribution in [3.63, 3.8) is 0 Å². The van der Waals surface area contributed by atoms with Gasteiger partial charge in [-0.1, -0.05) is 29.8 Å². The number of amides is 1. The largest absolute Gasteiger partial charge is 0.368 e. The van der Waals surface area contributed by atoms with E-state index in [-0.39, 0.29) is 10.6 Å². The van der Waals surface area contributed by atoms with Gasteiger partial charge in [0.2, 0.25) is 0 Å². The number of para-hydroxylation sites is 1. The molecule has 0 saturated carbocycles. The predicted molar refractivity (Wildman–Crippen MR) is 95.3 cm³/mol. The van der Waals surface area contributed by atoms with Crippen LogP contribution in [0.1, 0.15) is 29.3 Å². The van der Waals surface area contributed by atoms with Gasteiger partial charge in [0.15, 0.2) is 0 Å². The van der Waals surface area contributed by atoms with Gasteiger partial charge in [-0.2, -0.15) is 0 Å². The van der Waals surface area contributed by atoms with E-state index in [0.717, 1.165) is 25.5 Å². The Balaban J connectivity index is 1.51. The minimum absolute atomic E-state index is 0.0271. The molecule has 1 atom stereocenters. The third-order valence-corrected chi connectivity index (χ3v) is 4.62. The highest BCUT2D eigenvalue weighted by Gasteiger charge is 2.24. The van der Waals surface area contributed by atoms with Crippen molar-refractivity contribution in [3.8, 4) is 0 Å². The van der Waals surface area contributed by atoms with E-state index in [1.165, 1.54) is 23.4 Å². The van der Waals surface area contributed by atoms with E-state index in [0.29, 0.717) is 12.6 Å². The molecule has 0 bridgehead atoms. The van der Waals surface area contributed by atoms with Gasteiger partial charge in [-0.25, -0.2) is 4.39 Å². The summed E-state index contributed by atoms with van der Waals surface area (Å²) in [6.45, 7) is 3.58. The van der Waals surface area contributed by atoms with Crippen molar-refractivity contribution in [2.24, 2.45) is 0 Å². The Morgan fingerprint density at radius 2 is 2.12 bits per heavy atom. The van der Waals surface area contributed by atoms with Crippen molar-refractivity contribution in [1.82, 2.24) is 5.32 Å². The molecule has 0 aromatic heterocycles. The van der Waals surface area contributed by atoms with E-state index >= 15 is 0 Å². The zero-order valence-electron chi connectivity index (χ0n) is 13.6. The van der Waals surface area contributed by atoms with Gasteiger partial charge in [-0.05, 0) is 49.6 Å². The third kappa shape index (κ3) is 3.54. The number of carbonyl (C=O) groups excluding carboxylic acids is 1. The Bertz CT molecular complexity index is 750. The van der Waals surface area contributed by atoms with Crippen molar-refractivity contribution >= 4 is 23.2 Å². The summed E-state index contributed by atoms with van der Waals surface area (Å²) >= 11 is 5.70. The molecule has 0 saturated heterocycles. The molecule has 1 heterocycles. The molecule has 1 aliphatic rings. The number of halogens is 2. The van der Waals surface area contributed by atoms with Crippen LogP contribution in [0.2, 0.25) is 5.02 Å². The maximum Gasteiger partial charge on any atom is 0.254 e.